The monoisotopic (exact) mass is 731 g/mol. The minimum atomic E-state index is -0.579. The second-order valence-corrected chi connectivity index (χ2v) is 16.8. The summed E-state index contributed by atoms with van der Waals surface area (Å²) in [6.07, 6.45) is 2.63. The maximum Gasteiger partial charge on any atom is 0.208 e. The van der Waals surface area contributed by atoms with Gasteiger partial charge in [-0.25, -0.2) is 0 Å². The normalized spacial score (nSPS) is 14.3. The number of nitrogens with two attached hydrogens (primary N) is 3. The van der Waals surface area contributed by atoms with Gasteiger partial charge in [0.2, 0.25) is 16.3 Å². The third-order valence-electron chi connectivity index (χ3n) is 8.97. The van der Waals surface area contributed by atoms with E-state index in [-0.39, 0.29) is 35.7 Å². The molecular formula is C36H63N10O6+3. The molecule has 16 nitrogen and oxygen atoms in total. The summed E-state index contributed by atoms with van der Waals surface area (Å²) in [7, 11) is 18.9. The zero-order chi connectivity index (χ0) is 38.9. The third kappa shape index (κ3) is 12.8. The number of rotatable bonds is 24. The molecule has 0 saturated carbocycles. The van der Waals surface area contributed by atoms with Crippen LogP contribution in [0.15, 0.2) is 29.4 Å². The molecular weight excluding hydrogens is 668 g/mol. The average Bonchev–Trinajstić information content (AvgIpc) is 3.05. The van der Waals surface area contributed by atoms with Crippen LogP contribution >= 0.6 is 0 Å². The van der Waals surface area contributed by atoms with E-state index in [4.69, 9.17) is 0 Å². The molecule has 3 aromatic carbocycles. The van der Waals surface area contributed by atoms with Gasteiger partial charge in [-0.2, -0.15) is 0 Å². The Kier molecular flexibility index (Phi) is 15.1. The molecule has 0 bridgehead atoms. The predicted octanol–water partition coefficient (Wildman–Crippen LogP) is -7.11. The van der Waals surface area contributed by atoms with Gasteiger partial charge in [0.25, 0.3) is 0 Å². The molecule has 3 aromatic rings. The fraction of sp³-hybridized carbons (Fsp3) is 0.667. The largest absolute Gasteiger partial charge is 0.866 e. The summed E-state index contributed by atoms with van der Waals surface area (Å²) in [5.74, 6) is -1.52. The highest BCUT2D eigenvalue weighted by atomic mass is 16.3. The van der Waals surface area contributed by atoms with Crippen LogP contribution in [0.2, 0.25) is 0 Å². The Morgan fingerprint density at radius 3 is 0.962 bits per heavy atom. The molecule has 0 amide bonds. The Balaban J connectivity index is 1.70. The molecule has 16 heteroatoms. The van der Waals surface area contributed by atoms with Gasteiger partial charge < -0.3 is 44.7 Å². The molecule has 6 N–H and O–H groups in total. The maximum atomic E-state index is 12.4. The highest BCUT2D eigenvalue weighted by Crippen LogP contribution is 2.06. The molecule has 290 valence electrons. The highest BCUT2D eigenvalue weighted by Gasteiger charge is 2.19. The Bertz CT molecular complexity index is 1650. The van der Waals surface area contributed by atoms with Crippen LogP contribution in [0.25, 0.3) is 0 Å². The van der Waals surface area contributed by atoms with E-state index in [1.54, 1.807) is 16.0 Å². The fourth-order valence-electron chi connectivity index (χ4n) is 5.91. The minimum Gasteiger partial charge on any atom is -0.866 e. The van der Waals surface area contributed by atoms with Gasteiger partial charge in [-0.3, -0.25) is 34.3 Å². The lowest BCUT2D eigenvalue weighted by atomic mass is 10.2. The average molecular weight is 732 g/mol. The van der Waals surface area contributed by atoms with Gasteiger partial charge in [0.05, 0.1) is 122 Å². The van der Waals surface area contributed by atoms with Crippen LogP contribution in [0.5, 0.6) is 17.2 Å². The van der Waals surface area contributed by atoms with Gasteiger partial charge in [-0.15, -0.1) is 0 Å². The Hall–Kier alpha value is -3.64. The van der Waals surface area contributed by atoms with Crippen molar-refractivity contribution in [2.45, 2.75) is 19.3 Å². The van der Waals surface area contributed by atoms with Crippen molar-refractivity contribution in [1.29, 1.82) is 0 Å². The molecule has 0 aromatic heterocycles. The standard InChI is InChI=1S/C36H60N10O6/c1-44(2,3)22-10-13-37-25-28(34(50)31(25)47)40-16-19-43(20-17-41-29-26(32(48)35(29)51)38-14-11-23-45(4,5)6)21-18-42-30-27(33(49)36(30)52)39-15-12-24-46(7,8)9/h10-24H2,1-9H3,(H3-3,37,38,39,40,41,42,47,48,49,50,51,52)/p+3. The molecule has 0 aliphatic carbocycles. The van der Waals surface area contributed by atoms with Gasteiger partial charge in [0.1, 0.15) is 0 Å². The zero-order valence-electron chi connectivity index (χ0n) is 32.9. The Labute approximate surface area is 306 Å². The van der Waals surface area contributed by atoms with Gasteiger partial charge in [0.15, 0.2) is 33.1 Å². The summed E-state index contributed by atoms with van der Waals surface area (Å²) in [6.45, 7) is 6.74. The first-order valence-corrected chi connectivity index (χ1v) is 18.4. The van der Waals surface area contributed by atoms with Crippen molar-refractivity contribution in [1.82, 2.24) is 4.90 Å². The van der Waals surface area contributed by atoms with Gasteiger partial charge in [-0.1, -0.05) is 0 Å². The van der Waals surface area contributed by atoms with Crippen LogP contribution in [-0.2, 0) is 0 Å². The van der Waals surface area contributed by atoms with Crippen molar-refractivity contribution in [3.63, 3.8) is 0 Å². The van der Waals surface area contributed by atoms with E-state index in [0.29, 0.717) is 56.3 Å². The first-order valence-electron chi connectivity index (χ1n) is 18.4. The molecule has 52 heavy (non-hydrogen) atoms. The smallest absolute Gasteiger partial charge is 0.208 e. The molecule has 0 unspecified atom stereocenters. The number of hydrogen-bond donors (Lipinski definition) is 3. The number of hydrogen-bond acceptors (Lipinski definition) is 10. The van der Waals surface area contributed by atoms with Crippen molar-refractivity contribution in [2.24, 2.45) is 15.0 Å². The predicted molar refractivity (Wildman–Crippen MR) is 193 cm³/mol. The molecule has 0 saturated heterocycles. The number of nitrogens with zero attached hydrogens (tertiary/aromatic N) is 7. The second kappa shape index (κ2) is 18.4. The van der Waals surface area contributed by atoms with Crippen molar-refractivity contribution in [2.75, 3.05) is 142 Å². The topological polar surface area (TPSA) is 211 Å². The van der Waals surface area contributed by atoms with Crippen LogP contribution in [0, 0.1) is 0 Å². The summed E-state index contributed by atoms with van der Waals surface area (Å²) in [6, 6.07) is 0. The zero-order valence-corrected chi connectivity index (χ0v) is 32.9. The van der Waals surface area contributed by atoms with E-state index in [2.05, 4.69) is 78.4 Å². The van der Waals surface area contributed by atoms with Crippen molar-refractivity contribution in [3.05, 3.63) is 46.7 Å². The highest BCUT2D eigenvalue weighted by molar-refractivity contribution is 5.49. The Morgan fingerprint density at radius 1 is 0.481 bits per heavy atom. The van der Waals surface area contributed by atoms with Crippen molar-refractivity contribution < 1.29 is 44.7 Å². The van der Waals surface area contributed by atoms with E-state index in [0.717, 1.165) is 52.3 Å². The van der Waals surface area contributed by atoms with E-state index >= 15 is 0 Å². The molecule has 0 spiro atoms. The van der Waals surface area contributed by atoms with E-state index in [1.165, 1.54) is 0 Å². The van der Waals surface area contributed by atoms with Crippen molar-refractivity contribution >= 4 is 17.1 Å². The summed E-state index contributed by atoms with van der Waals surface area (Å²) in [4.78, 5) is 52.5. The Morgan fingerprint density at radius 2 is 0.731 bits per heavy atom. The summed E-state index contributed by atoms with van der Waals surface area (Å²) >= 11 is 0. The lowest BCUT2D eigenvalue weighted by Gasteiger charge is -2.23. The molecule has 0 aliphatic rings. The molecule has 0 atom stereocenters. The third-order valence-corrected chi connectivity index (χ3v) is 8.97. The lowest BCUT2D eigenvalue weighted by Crippen LogP contribution is -2.82. The van der Waals surface area contributed by atoms with Crippen LogP contribution in [0.1, 0.15) is 19.3 Å². The summed E-state index contributed by atoms with van der Waals surface area (Å²) < 4.78 is 2.42. The molecule has 0 fully saturated rings. The van der Waals surface area contributed by atoms with E-state index < -0.39 is 33.5 Å². The van der Waals surface area contributed by atoms with Crippen LogP contribution in [0.3, 0.4) is 0 Å². The number of quaternary nitrogens is 6. The minimum absolute atomic E-state index is 0.202. The van der Waals surface area contributed by atoms with Gasteiger partial charge in [-0.05, 0) is 0 Å². The molecule has 0 heterocycles. The quantitative estimate of drug-likeness (QED) is 0.0598. The first kappa shape index (κ1) is 42.8. The van der Waals surface area contributed by atoms with Crippen molar-refractivity contribution in [3.8, 4) is 17.2 Å². The van der Waals surface area contributed by atoms with Crippen LogP contribution in [-0.4, -0.2) is 160 Å². The second-order valence-electron chi connectivity index (χ2n) is 16.8. The molecule has 0 aliphatic heterocycles. The summed E-state index contributed by atoms with van der Waals surface area (Å²) in [5.41, 5.74) is -0.615. The molecule has 0 radical (unpaired) electrons. The van der Waals surface area contributed by atoms with Crippen LogP contribution < -0.4 is 63.6 Å². The van der Waals surface area contributed by atoms with Gasteiger partial charge >= 0.3 is 0 Å². The maximum absolute atomic E-state index is 12.4. The lowest BCUT2D eigenvalue weighted by molar-refractivity contribution is -0.871. The first-order chi connectivity index (χ1) is 24.2. The van der Waals surface area contributed by atoms with Gasteiger partial charge in [0, 0.05) is 56.1 Å². The molecule has 3 rings (SSSR count). The van der Waals surface area contributed by atoms with Crippen LogP contribution in [0.4, 0.5) is 17.1 Å². The summed E-state index contributed by atoms with van der Waals surface area (Å²) in [5, 5.41) is 42.9. The SMILES string of the molecule is C[N+](C)(C)CCC[NH2+]c1c([O-])c(=O)c1=NCCN(CCN=c1c([NH2+]CCC[N+](C)(C)C)c([O-])c1=O)CCN=c1c([NH2+]CCC[N+](C)(C)C)c([O-])c1=O. The van der Waals surface area contributed by atoms with E-state index in [1.807, 2.05) is 4.90 Å². The fourth-order valence-corrected chi connectivity index (χ4v) is 5.91. The van der Waals surface area contributed by atoms with E-state index in [9.17, 15) is 29.7 Å².